The van der Waals surface area contributed by atoms with Crippen molar-refractivity contribution in [3.05, 3.63) is 80.6 Å². The summed E-state index contributed by atoms with van der Waals surface area (Å²) in [6.07, 6.45) is 1.33. The van der Waals surface area contributed by atoms with E-state index in [1.165, 1.54) is 42.5 Å². The van der Waals surface area contributed by atoms with Crippen LogP contribution in [0.4, 0.5) is 14.9 Å². The largest absolute Gasteiger partial charge is 0.478 e. The topological polar surface area (TPSA) is 117 Å². The Balaban J connectivity index is 1.48. The molecule has 1 aromatic heterocycles. The number of thioether (sulfide) groups is 1. The van der Waals surface area contributed by atoms with Crippen LogP contribution in [-0.4, -0.2) is 39.6 Å². The minimum absolute atomic E-state index is 0.0182. The maximum atomic E-state index is 13.3. The van der Waals surface area contributed by atoms with Gasteiger partial charge in [0.2, 0.25) is 5.91 Å². The molecular weight excluding hydrogens is 522 g/mol. The van der Waals surface area contributed by atoms with Crippen molar-refractivity contribution in [2.24, 2.45) is 0 Å². The molecule has 0 spiro atoms. The first-order chi connectivity index (χ1) is 16.6. The normalized spacial score (nSPS) is 14.6. The number of amides is 3. The van der Waals surface area contributed by atoms with Crippen molar-refractivity contribution >= 4 is 69.8 Å². The first kappa shape index (κ1) is 24.5. The van der Waals surface area contributed by atoms with Crippen LogP contribution in [-0.2, 0) is 9.59 Å². The number of nitrogens with zero attached hydrogens (tertiary/aromatic N) is 1. The van der Waals surface area contributed by atoms with Crippen molar-refractivity contribution in [3.8, 4) is 11.3 Å². The fraction of sp³-hybridized carbons (Fsp3) is 0.0435. The predicted octanol–water partition coefficient (Wildman–Crippen LogP) is 5.77. The standard InChI is InChI=1S/C23H13Cl2FN2O6S/c24-15-4-1-11(22(31)32)7-14(15)18-6-3-13(34-18)9-19-21(30)28(23(33)35-19)10-20(29)27-12-2-5-17(26)16(25)8-12/h1-9H,10H2,(H,27,29)(H,31,32)/b19-9-. The maximum Gasteiger partial charge on any atom is 0.335 e. The van der Waals surface area contributed by atoms with Crippen LogP contribution >= 0.6 is 35.0 Å². The van der Waals surface area contributed by atoms with E-state index in [1.54, 1.807) is 6.07 Å². The third-order valence-electron chi connectivity index (χ3n) is 4.76. The number of carbonyl (C=O) groups excluding carboxylic acids is 3. The minimum Gasteiger partial charge on any atom is -0.478 e. The van der Waals surface area contributed by atoms with E-state index in [-0.39, 0.29) is 37.7 Å². The number of benzene rings is 2. The molecule has 2 heterocycles. The molecule has 1 saturated heterocycles. The Morgan fingerprint density at radius 2 is 1.86 bits per heavy atom. The zero-order valence-electron chi connectivity index (χ0n) is 17.4. The molecule has 1 aliphatic heterocycles. The Morgan fingerprint density at radius 1 is 1.09 bits per heavy atom. The highest BCUT2D eigenvalue weighted by molar-refractivity contribution is 8.18. The molecule has 0 radical (unpaired) electrons. The number of anilines is 1. The SMILES string of the molecule is O=C(CN1C(=O)S/C(=C\c2ccc(-c3cc(C(=O)O)ccc3Cl)o2)C1=O)Nc1ccc(F)c(Cl)c1. The molecule has 0 aliphatic carbocycles. The van der Waals surface area contributed by atoms with E-state index in [9.17, 15) is 28.7 Å². The van der Waals surface area contributed by atoms with Crippen LogP contribution in [0.5, 0.6) is 0 Å². The zero-order valence-corrected chi connectivity index (χ0v) is 19.7. The predicted molar refractivity (Wildman–Crippen MR) is 129 cm³/mol. The van der Waals surface area contributed by atoms with Crippen molar-refractivity contribution in [2.45, 2.75) is 0 Å². The van der Waals surface area contributed by atoms with E-state index >= 15 is 0 Å². The van der Waals surface area contributed by atoms with E-state index < -0.39 is 35.4 Å². The van der Waals surface area contributed by atoms with Crippen LogP contribution in [0.3, 0.4) is 0 Å². The molecule has 3 amide bonds. The maximum absolute atomic E-state index is 13.3. The summed E-state index contributed by atoms with van der Waals surface area (Å²) in [5.74, 6) is -2.68. The summed E-state index contributed by atoms with van der Waals surface area (Å²) < 4.78 is 18.9. The highest BCUT2D eigenvalue weighted by Gasteiger charge is 2.36. The number of imide groups is 1. The third kappa shape index (κ3) is 5.40. The number of halogens is 3. The van der Waals surface area contributed by atoms with Crippen molar-refractivity contribution in [3.63, 3.8) is 0 Å². The van der Waals surface area contributed by atoms with E-state index in [2.05, 4.69) is 5.32 Å². The number of aromatic carboxylic acids is 1. The van der Waals surface area contributed by atoms with Gasteiger partial charge in [0.1, 0.15) is 23.9 Å². The molecule has 178 valence electrons. The van der Waals surface area contributed by atoms with Crippen molar-refractivity contribution in [2.75, 3.05) is 11.9 Å². The second-order valence-electron chi connectivity index (χ2n) is 7.15. The molecule has 0 bridgehead atoms. The van der Waals surface area contributed by atoms with Crippen molar-refractivity contribution in [1.29, 1.82) is 0 Å². The summed E-state index contributed by atoms with van der Waals surface area (Å²) >= 11 is 12.5. The molecule has 0 atom stereocenters. The van der Waals surface area contributed by atoms with Gasteiger partial charge in [0.15, 0.2) is 0 Å². The molecule has 4 rings (SSSR count). The van der Waals surface area contributed by atoms with Crippen LogP contribution < -0.4 is 5.32 Å². The molecule has 8 nitrogen and oxygen atoms in total. The highest BCUT2D eigenvalue weighted by Crippen LogP contribution is 2.35. The van der Waals surface area contributed by atoms with Gasteiger partial charge >= 0.3 is 5.97 Å². The molecule has 2 aromatic carbocycles. The zero-order chi connectivity index (χ0) is 25.3. The van der Waals surface area contributed by atoms with Crippen LogP contribution in [0.2, 0.25) is 10.0 Å². The highest BCUT2D eigenvalue weighted by atomic mass is 35.5. The van der Waals surface area contributed by atoms with Gasteiger partial charge in [0, 0.05) is 17.3 Å². The van der Waals surface area contributed by atoms with Gasteiger partial charge in [-0.1, -0.05) is 23.2 Å². The van der Waals surface area contributed by atoms with Gasteiger partial charge in [-0.15, -0.1) is 0 Å². The lowest BCUT2D eigenvalue weighted by Gasteiger charge is -2.12. The Hall–Kier alpha value is -3.60. The summed E-state index contributed by atoms with van der Waals surface area (Å²) in [5, 5.41) is 11.0. The second-order valence-corrected chi connectivity index (χ2v) is 8.95. The first-order valence-electron chi connectivity index (χ1n) is 9.75. The van der Waals surface area contributed by atoms with Gasteiger partial charge in [-0.2, -0.15) is 0 Å². The fourth-order valence-electron chi connectivity index (χ4n) is 3.11. The van der Waals surface area contributed by atoms with Crippen molar-refractivity contribution < 1.29 is 33.1 Å². The Kier molecular flexibility index (Phi) is 6.97. The fourth-order valence-corrected chi connectivity index (χ4v) is 4.32. The molecular formula is C23H13Cl2FN2O6S. The number of carboxylic acid groups (broad SMARTS) is 1. The number of hydrogen-bond donors (Lipinski definition) is 2. The molecule has 2 N–H and O–H groups in total. The van der Waals surface area contributed by atoms with Gasteiger partial charge < -0.3 is 14.8 Å². The van der Waals surface area contributed by atoms with Gasteiger partial charge in [0.25, 0.3) is 11.1 Å². The lowest BCUT2D eigenvalue weighted by atomic mass is 10.1. The monoisotopic (exact) mass is 534 g/mol. The molecule has 3 aromatic rings. The average molecular weight is 535 g/mol. The summed E-state index contributed by atoms with van der Waals surface area (Å²) in [5.41, 5.74) is 0.569. The van der Waals surface area contributed by atoms with E-state index in [0.717, 1.165) is 11.0 Å². The number of furan rings is 1. The summed E-state index contributed by atoms with van der Waals surface area (Å²) in [7, 11) is 0. The quantitative estimate of drug-likeness (QED) is 0.385. The Labute approximate surface area is 211 Å². The third-order valence-corrected chi connectivity index (χ3v) is 6.28. The van der Waals surface area contributed by atoms with Crippen LogP contribution in [0.25, 0.3) is 17.4 Å². The summed E-state index contributed by atoms with van der Waals surface area (Å²) in [6.45, 7) is -0.558. The van der Waals surface area contributed by atoms with Gasteiger partial charge in [-0.3, -0.25) is 19.3 Å². The van der Waals surface area contributed by atoms with Crippen LogP contribution in [0, 0.1) is 5.82 Å². The molecule has 1 aliphatic rings. The molecule has 1 fully saturated rings. The van der Waals surface area contributed by atoms with Crippen molar-refractivity contribution in [1.82, 2.24) is 4.90 Å². The summed E-state index contributed by atoms with van der Waals surface area (Å²) in [4.78, 5) is 49.3. The molecule has 0 unspecified atom stereocenters. The summed E-state index contributed by atoms with van der Waals surface area (Å²) in [6, 6.07) is 10.8. The number of rotatable bonds is 6. The van der Waals surface area contributed by atoms with E-state index in [4.69, 9.17) is 27.6 Å². The second kappa shape index (κ2) is 9.95. The lowest BCUT2D eigenvalue weighted by molar-refractivity contribution is -0.127. The van der Waals surface area contributed by atoms with Gasteiger partial charge in [-0.25, -0.2) is 9.18 Å². The number of carbonyl (C=O) groups is 4. The molecule has 12 heteroatoms. The Bertz CT molecular complexity index is 1420. The van der Waals surface area contributed by atoms with Crippen LogP contribution in [0.15, 0.2) is 57.9 Å². The lowest BCUT2D eigenvalue weighted by Crippen LogP contribution is -2.36. The number of nitrogens with one attached hydrogen (secondary N) is 1. The average Bonchev–Trinajstić information content (AvgIpc) is 3.36. The van der Waals surface area contributed by atoms with Gasteiger partial charge in [-0.05, 0) is 60.3 Å². The minimum atomic E-state index is -1.13. The first-order valence-corrected chi connectivity index (χ1v) is 11.3. The van der Waals surface area contributed by atoms with Gasteiger partial charge in [0.05, 0.1) is 20.5 Å². The molecule has 35 heavy (non-hydrogen) atoms. The van der Waals surface area contributed by atoms with E-state index in [1.807, 2.05) is 0 Å². The van der Waals surface area contributed by atoms with Crippen LogP contribution in [0.1, 0.15) is 16.1 Å². The smallest absolute Gasteiger partial charge is 0.335 e. The number of hydrogen-bond acceptors (Lipinski definition) is 6. The number of carboxylic acids is 1. The molecule has 0 saturated carbocycles. The Morgan fingerprint density at radius 3 is 2.57 bits per heavy atom. The van der Waals surface area contributed by atoms with E-state index in [0.29, 0.717) is 17.3 Å².